The Morgan fingerprint density at radius 1 is 1.31 bits per heavy atom. The number of pyridine rings is 1. The number of nitrogens with zero attached hydrogens (tertiary/aromatic N) is 2. The first-order chi connectivity index (χ1) is 12.3. The maximum absolute atomic E-state index is 12.6. The van der Waals surface area contributed by atoms with E-state index < -0.39 is 11.0 Å². The molecule has 0 aliphatic rings. The normalized spacial score (nSPS) is 13.8. The van der Waals surface area contributed by atoms with Gasteiger partial charge in [-0.25, -0.2) is 8.93 Å². The van der Waals surface area contributed by atoms with Crippen molar-refractivity contribution in [2.24, 2.45) is 0 Å². The Bertz CT molecular complexity index is 805. The van der Waals surface area contributed by atoms with E-state index in [0.717, 1.165) is 35.1 Å². The first-order valence-electron chi connectivity index (χ1n) is 8.89. The minimum absolute atomic E-state index is 0.0505. The molecule has 1 aromatic carbocycles. The second-order valence-corrected chi connectivity index (χ2v) is 9.42. The number of aryl methyl sites for hydroxylation is 1. The summed E-state index contributed by atoms with van der Waals surface area (Å²) in [5.74, 6) is 0. The van der Waals surface area contributed by atoms with Crippen LogP contribution in [-0.2, 0) is 11.0 Å². The van der Waals surface area contributed by atoms with Crippen molar-refractivity contribution in [2.75, 3.05) is 0 Å². The number of nitriles is 1. The third kappa shape index (κ3) is 5.48. The summed E-state index contributed by atoms with van der Waals surface area (Å²) >= 11 is 0. The van der Waals surface area contributed by atoms with E-state index in [1.165, 1.54) is 0 Å². The van der Waals surface area contributed by atoms with Crippen LogP contribution >= 0.6 is 0 Å². The number of aromatic nitrogens is 1. The van der Waals surface area contributed by atoms with Crippen LogP contribution in [0.15, 0.2) is 42.7 Å². The van der Waals surface area contributed by atoms with Crippen molar-refractivity contribution in [1.29, 1.82) is 5.26 Å². The number of hydrogen-bond acceptors (Lipinski definition) is 3. The summed E-state index contributed by atoms with van der Waals surface area (Å²) in [6.07, 6.45) is 5.71. The number of benzene rings is 1. The van der Waals surface area contributed by atoms with Gasteiger partial charge in [0, 0.05) is 24.9 Å². The molecule has 2 aromatic rings. The number of unbranched alkanes of at least 4 members (excludes halogenated alkanes) is 1. The Labute approximate surface area is 159 Å². The van der Waals surface area contributed by atoms with Crippen LogP contribution in [0.5, 0.6) is 0 Å². The monoisotopic (exact) mass is 369 g/mol. The van der Waals surface area contributed by atoms with Crippen molar-refractivity contribution in [3.63, 3.8) is 0 Å². The molecule has 138 valence electrons. The molecule has 1 N–H and O–H groups in total. The predicted octanol–water partition coefficient (Wildman–Crippen LogP) is 4.84. The first kappa shape index (κ1) is 20.3. The first-order valence-corrected chi connectivity index (χ1v) is 10.0. The zero-order valence-corrected chi connectivity index (χ0v) is 16.8. The van der Waals surface area contributed by atoms with Crippen molar-refractivity contribution in [3.8, 4) is 17.2 Å². The van der Waals surface area contributed by atoms with Gasteiger partial charge in [-0.15, -0.1) is 0 Å². The van der Waals surface area contributed by atoms with Crippen molar-refractivity contribution >= 4 is 11.0 Å². The second kappa shape index (κ2) is 9.07. The molecular formula is C21H27N3OS. The summed E-state index contributed by atoms with van der Waals surface area (Å²) in [6.45, 7) is 7.92. The van der Waals surface area contributed by atoms with E-state index in [2.05, 4.69) is 34.0 Å². The SMILES string of the molecule is Cc1cnccc1-c1cccc([C@H](CCCC#N)NS(=O)C(C)(C)C)c1. The van der Waals surface area contributed by atoms with Crippen LogP contribution < -0.4 is 4.72 Å². The van der Waals surface area contributed by atoms with E-state index >= 15 is 0 Å². The minimum Gasteiger partial charge on any atom is -0.264 e. The van der Waals surface area contributed by atoms with E-state index in [1.54, 1.807) is 6.20 Å². The molecule has 0 amide bonds. The van der Waals surface area contributed by atoms with Gasteiger partial charge in [-0.3, -0.25) is 4.98 Å². The van der Waals surface area contributed by atoms with Gasteiger partial charge in [0.15, 0.2) is 0 Å². The molecule has 1 unspecified atom stereocenters. The Morgan fingerprint density at radius 3 is 2.73 bits per heavy atom. The van der Waals surface area contributed by atoms with Gasteiger partial charge in [-0.2, -0.15) is 5.26 Å². The lowest BCUT2D eigenvalue weighted by atomic mass is 9.96. The fourth-order valence-corrected chi connectivity index (χ4v) is 3.57. The molecule has 0 fully saturated rings. The van der Waals surface area contributed by atoms with Crippen molar-refractivity contribution in [2.45, 2.75) is 57.7 Å². The van der Waals surface area contributed by atoms with E-state index in [9.17, 15) is 4.21 Å². The predicted molar refractivity (Wildman–Crippen MR) is 108 cm³/mol. The van der Waals surface area contributed by atoms with E-state index in [4.69, 9.17) is 5.26 Å². The molecule has 0 saturated heterocycles. The molecule has 0 saturated carbocycles. The van der Waals surface area contributed by atoms with Gasteiger partial charge in [0.2, 0.25) is 0 Å². The standard InChI is InChI=1S/C21H27N3OS/c1-16-15-23-13-11-19(16)17-8-7-9-18(14-17)20(10-5-6-12-22)24-26(25)21(2,3)4/h7-9,11,13-15,20,24H,5-6,10H2,1-4H3/t20-,26?/m0/s1. The van der Waals surface area contributed by atoms with Crippen LogP contribution in [-0.4, -0.2) is 13.9 Å². The molecule has 1 heterocycles. The summed E-state index contributed by atoms with van der Waals surface area (Å²) in [6, 6.07) is 12.5. The maximum Gasteiger partial charge on any atom is 0.0975 e. The molecule has 2 atom stereocenters. The highest BCUT2D eigenvalue weighted by molar-refractivity contribution is 7.84. The molecule has 0 spiro atoms. The lowest BCUT2D eigenvalue weighted by Crippen LogP contribution is -2.35. The van der Waals surface area contributed by atoms with Gasteiger partial charge in [0.1, 0.15) is 0 Å². The highest BCUT2D eigenvalue weighted by Crippen LogP contribution is 2.28. The van der Waals surface area contributed by atoms with Gasteiger partial charge < -0.3 is 0 Å². The zero-order chi connectivity index (χ0) is 19.2. The molecule has 26 heavy (non-hydrogen) atoms. The van der Waals surface area contributed by atoms with Crippen molar-refractivity contribution in [1.82, 2.24) is 9.71 Å². The number of hydrogen-bond donors (Lipinski definition) is 1. The Kier molecular flexibility index (Phi) is 7.07. The minimum atomic E-state index is -1.17. The van der Waals surface area contributed by atoms with Gasteiger partial charge >= 0.3 is 0 Å². The topological polar surface area (TPSA) is 65.8 Å². The smallest absolute Gasteiger partial charge is 0.0975 e. The fraction of sp³-hybridized carbons (Fsp3) is 0.429. The van der Waals surface area contributed by atoms with Gasteiger partial charge in [-0.05, 0) is 74.9 Å². The molecule has 0 aliphatic carbocycles. The lowest BCUT2D eigenvalue weighted by Gasteiger charge is -2.25. The van der Waals surface area contributed by atoms with Crippen LogP contribution in [0.2, 0.25) is 0 Å². The van der Waals surface area contributed by atoms with E-state index in [0.29, 0.717) is 6.42 Å². The Balaban J connectivity index is 2.32. The van der Waals surface area contributed by atoms with Gasteiger partial charge in [0.25, 0.3) is 0 Å². The quantitative estimate of drug-likeness (QED) is 0.710. The van der Waals surface area contributed by atoms with Crippen molar-refractivity contribution in [3.05, 3.63) is 53.9 Å². The third-order valence-electron chi connectivity index (χ3n) is 4.21. The Morgan fingerprint density at radius 2 is 2.08 bits per heavy atom. The average Bonchev–Trinajstić information content (AvgIpc) is 2.60. The summed E-state index contributed by atoms with van der Waals surface area (Å²) in [4.78, 5) is 4.16. The molecule has 1 aromatic heterocycles. The highest BCUT2D eigenvalue weighted by Gasteiger charge is 2.23. The third-order valence-corrected chi connectivity index (χ3v) is 5.82. The summed E-state index contributed by atoms with van der Waals surface area (Å²) < 4.78 is 15.6. The highest BCUT2D eigenvalue weighted by atomic mass is 32.2. The van der Waals surface area contributed by atoms with Crippen LogP contribution in [0, 0.1) is 18.3 Å². The van der Waals surface area contributed by atoms with E-state index in [-0.39, 0.29) is 10.8 Å². The lowest BCUT2D eigenvalue weighted by molar-refractivity contribution is 0.556. The molecule has 0 aliphatic heterocycles. The maximum atomic E-state index is 12.6. The summed E-state index contributed by atoms with van der Waals surface area (Å²) in [7, 11) is -1.17. The summed E-state index contributed by atoms with van der Waals surface area (Å²) in [5, 5.41) is 8.85. The van der Waals surface area contributed by atoms with Crippen LogP contribution in [0.25, 0.3) is 11.1 Å². The number of rotatable bonds is 7. The van der Waals surface area contributed by atoms with Gasteiger partial charge in [-0.1, -0.05) is 18.2 Å². The average molecular weight is 370 g/mol. The zero-order valence-electron chi connectivity index (χ0n) is 16.0. The molecular weight excluding hydrogens is 342 g/mol. The van der Waals surface area contributed by atoms with E-state index in [1.807, 2.05) is 46.0 Å². The van der Waals surface area contributed by atoms with Crippen LogP contribution in [0.3, 0.4) is 0 Å². The number of nitrogens with one attached hydrogen (secondary N) is 1. The van der Waals surface area contributed by atoms with Crippen LogP contribution in [0.1, 0.15) is 57.2 Å². The fourth-order valence-electron chi connectivity index (χ4n) is 2.71. The molecule has 0 bridgehead atoms. The van der Waals surface area contributed by atoms with Crippen molar-refractivity contribution < 1.29 is 4.21 Å². The molecule has 2 rings (SSSR count). The molecule has 5 heteroatoms. The Hall–Kier alpha value is -2.03. The molecule has 0 radical (unpaired) electrons. The second-order valence-electron chi connectivity index (χ2n) is 7.42. The summed E-state index contributed by atoms with van der Waals surface area (Å²) in [5.41, 5.74) is 4.48. The largest absolute Gasteiger partial charge is 0.264 e. The van der Waals surface area contributed by atoms with Crippen LogP contribution in [0.4, 0.5) is 0 Å². The molecule has 4 nitrogen and oxygen atoms in total. The van der Waals surface area contributed by atoms with Gasteiger partial charge in [0.05, 0.1) is 21.8 Å².